The lowest BCUT2D eigenvalue weighted by atomic mass is 10.1. The summed E-state index contributed by atoms with van der Waals surface area (Å²) in [7, 11) is 4.74. The largest absolute Gasteiger partial charge is 0.493 e. The number of carbonyl (C=O) groups is 1. The number of hydrogen-bond acceptors (Lipinski definition) is 4. The fourth-order valence-electron chi connectivity index (χ4n) is 2.20. The molecule has 0 saturated carbocycles. The second-order valence-corrected chi connectivity index (χ2v) is 5.00. The molecule has 22 heavy (non-hydrogen) atoms. The molecule has 0 saturated heterocycles. The van der Waals surface area contributed by atoms with Gasteiger partial charge in [-0.2, -0.15) is 0 Å². The van der Waals surface area contributed by atoms with Crippen LogP contribution in [0.1, 0.15) is 15.9 Å². The molecule has 1 amide bonds. The summed E-state index contributed by atoms with van der Waals surface area (Å²) >= 11 is 0. The van der Waals surface area contributed by atoms with Gasteiger partial charge < -0.3 is 20.1 Å². The summed E-state index contributed by atoms with van der Waals surface area (Å²) < 4.78 is 10.4. The first-order valence-electron chi connectivity index (χ1n) is 6.84. The van der Waals surface area contributed by atoms with E-state index in [-0.39, 0.29) is 5.91 Å². The van der Waals surface area contributed by atoms with Gasteiger partial charge in [0.2, 0.25) is 0 Å². The van der Waals surface area contributed by atoms with Gasteiger partial charge in [0, 0.05) is 18.3 Å². The number of rotatable bonds is 4. The number of ether oxygens (including phenoxy) is 2. The van der Waals surface area contributed by atoms with Gasteiger partial charge in [0.25, 0.3) is 5.91 Å². The molecule has 0 radical (unpaired) electrons. The van der Waals surface area contributed by atoms with E-state index < -0.39 is 0 Å². The predicted octanol–water partition coefficient (Wildman–Crippen LogP) is 2.87. The van der Waals surface area contributed by atoms with Gasteiger partial charge in [0.1, 0.15) is 0 Å². The van der Waals surface area contributed by atoms with Crippen LogP contribution >= 0.6 is 0 Å². The van der Waals surface area contributed by atoms with Crippen molar-refractivity contribution >= 4 is 17.3 Å². The third kappa shape index (κ3) is 2.98. The van der Waals surface area contributed by atoms with Crippen LogP contribution in [0.5, 0.6) is 11.5 Å². The highest BCUT2D eigenvalue weighted by Crippen LogP contribution is 2.35. The van der Waals surface area contributed by atoms with Crippen LogP contribution in [0.15, 0.2) is 36.4 Å². The van der Waals surface area contributed by atoms with Gasteiger partial charge >= 0.3 is 0 Å². The fourth-order valence-corrected chi connectivity index (χ4v) is 2.20. The molecular weight excluding hydrogens is 280 g/mol. The maximum absolute atomic E-state index is 12.6. The Balaban J connectivity index is 2.36. The molecule has 116 valence electrons. The number of aryl methyl sites for hydroxylation is 1. The number of anilines is 2. The van der Waals surface area contributed by atoms with Gasteiger partial charge in [-0.1, -0.05) is 17.7 Å². The Morgan fingerprint density at radius 2 is 1.73 bits per heavy atom. The van der Waals surface area contributed by atoms with E-state index in [9.17, 15) is 4.79 Å². The smallest absolute Gasteiger partial charge is 0.258 e. The lowest BCUT2D eigenvalue weighted by Crippen LogP contribution is -2.26. The molecule has 5 heteroatoms. The highest BCUT2D eigenvalue weighted by molar-refractivity contribution is 6.06. The summed E-state index contributed by atoms with van der Waals surface area (Å²) in [5.74, 6) is 0.691. The average molecular weight is 300 g/mol. The van der Waals surface area contributed by atoms with Crippen molar-refractivity contribution in [2.45, 2.75) is 6.92 Å². The summed E-state index contributed by atoms with van der Waals surface area (Å²) in [6.07, 6.45) is 0. The van der Waals surface area contributed by atoms with E-state index in [0.29, 0.717) is 22.7 Å². The van der Waals surface area contributed by atoms with E-state index >= 15 is 0 Å². The van der Waals surface area contributed by atoms with Crippen LogP contribution in [-0.4, -0.2) is 27.2 Å². The van der Waals surface area contributed by atoms with Crippen molar-refractivity contribution in [2.24, 2.45) is 0 Å². The molecule has 0 unspecified atom stereocenters. The SMILES string of the molecule is COc1cc(C(=O)N(C)c2ccc(C)cc2)cc(N)c1OC. The average Bonchev–Trinajstić information content (AvgIpc) is 2.53. The Bertz CT molecular complexity index is 681. The van der Waals surface area contributed by atoms with Crippen molar-refractivity contribution in [1.29, 1.82) is 0 Å². The minimum atomic E-state index is -0.170. The van der Waals surface area contributed by atoms with Gasteiger partial charge in [-0.15, -0.1) is 0 Å². The van der Waals surface area contributed by atoms with E-state index in [1.54, 1.807) is 24.1 Å². The molecule has 2 aromatic carbocycles. The van der Waals surface area contributed by atoms with Gasteiger partial charge in [-0.3, -0.25) is 4.79 Å². The maximum Gasteiger partial charge on any atom is 0.258 e. The number of hydrogen-bond donors (Lipinski definition) is 1. The lowest BCUT2D eigenvalue weighted by Gasteiger charge is -2.19. The molecule has 0 aliphatic carbocycles. The minimum absolute atomic E-state index is 0.170. The van der Waals surface area contributed by atoms with E-state index in [4.69, 9.17) is 15.2 Å². The van der Waals surface area contributed by atoms with E-state index in [0.717, 1.165) is 11.3 Å². The van der Waals surface area contributed by atoms with Crippen molar-refractivity contribution in [2.75, 3.05) is 31.9 Å². The number of nitrogens with zero attached hydrogens (tertiary/aromatic N) is 1. The fraction of sp³-hybridized carbons (Fsp3) is 0.235. The third-order valence-electron chi connectivity index (χ3n) is 3.48. The zero-order valence-electron chi connectivity index (χ0n) is 13.2. The summed E-state index contributed by atoms with van der Waals surface area (Å²) in [5.41, 5.74) is 8.68. The van der Waals surface area contributed by atoms with Crippen LogP contribution in [0.25, 0.3) is 0 Å². The normalized spacial score (nSPS) is 10.2. The Morgan fingerprint density at radius 1 is 1.09 bits per heavy atom. The van der Waals surface area contributed by atoms with Gasteiger partial charge in [0.15, 0.2) is 11.5 Å². The summed E-state index contributed by atoms with van der Waals surface area (Å²) in [4.78, 5) is 14.2. The molecule has 0 bridgehead atoms. The molecule has 2 aromatic rings. The van der Waals surface area contributed by atoms with Crippen LogP contribution in [0.4, 0.5) is 11.4 Å². The number of carbonyl (C=O) groups excluding carboxylic acids is 1. The van der Waals surface area contributed by atoms with Crippen LogP contribution in [0.3, 0.4) is 0 Å². The summed E-state index contributed by atoms with van der Waals surface area (Å²) in [5, 5.41) is 0. The maximum atomic E-state index is 12.6. The Morgan fingerprint density at radius 3 is 2.27 bits per heavy atom. The second-order valence-electron chi connectivity index (χ2n) is 5.00. The van der Waals surface area contributed by atoms with Crippen LogP contribution in [0.2, 0.25) is 0 Å². The topological polar surface area (TPSA) is 64.8 Å². The summed E-state index contributed by atoms with van der Waals surface area (Å²) in [6, 6.07) is 10.9. The van der Waals surface area contributed by atoms with Gasteiger partial charge in [0.05, 0.1) is 19.9 Å². The highest BCUT2D eigenvalue weighted by atomic mass is 16.5. The molecule has 0 atom stereocenters. The van der Waals surface area contributed by atoms with Crippen molar-refractivity contribution in [3.05, 3.63) is 47.5 Å². The highest BCUT2D eigenvalue weighted by Gasteiger charge is 2.18. The standard InChI is InChI=1S/C17H20N2O3/c1-11-5-7-13(8-6-11)19(2)17(20)12-9-14(18)16(22-4)15(10-12)21-3/h5-10H,18H2,1-4H3. The first kappa shape index (κ1) is 15.7. The van der Waals surface area contributed by atoms with Gasteiger partial charge in [-0.05, 0) is 31.2 Å². The zero-order valence-corrected chi connectivity index (χ0v) is 13.2. The number of nitrogens with two attached hydrogens (primary N) is 1. The Kier molecular flexibility index (Phi) is 4.56. The third-order valence-corrected chi connectivity index (χ3v) is 3.48. The quantitative estimate of drug-likeness (QED) is 0.882. The van der Waals surface area contributed by atoms with Crippen LogP contribution in [0, 0.1) is 6.92 Å². The molecule has 0 aliphatic heterocycles. The van der Waals surface area contributed by atoms with Crippen molar-refractivity contribution in [3.8, 4) is 11.5 Å². The van der Waals surface area contributed by atoms with Crippen molar-refractivity contribution in [3.63, 3.8) is 0 Å². The lowest BCUT2D eigenvalue weighted by molar-refractivity contribution is 0.0992. The first-order chi connectivity index (χ1) is 10.5. The zero-order chi connectivity index (χ0) is 16.3. The molecular formula is C17H20N2O3. The molecule has 0 fully saturated rings. The minimum Gasteiger partial charge on any atom is -0.493 e. The van der Waals surface area contributed by atoms with Gasteiger partial charge in [-0.25, -0.2) is 0 Å². The number of nitrogen functional groups attached to an aromatic ring is 1. The predicted molar refractivity (Wildman–Crippen MR) is 87.9 cm³/mol. The van der Waals surface area contributed by atoms with Crippen molar-refractivity contribution < 1.29 is 14.3 Å². The van der Waals surface area contributed by atoms with E-state index in [1.165, 1.54) is 14.2 Å². The Labute approximate surface area is 130 Å². The summed E-state index contributed by atoms with van der Waals surface area (Å²) in [6.45, 7) is 2.00. The number of benzene rings is 2. The monoisotopic (exact) mass is 300 g/mol. The molecule has 5 nitrogen and oxygen atoms in total. The molecule has 0 aliphatic rings. The van der Waals surface area contributed by atoms with Crippen LogP contribution in [-0.2, 0) is 0 Å². The molecule has 0 spiro atoms. The first-order valence-corrected chi connectivity index (χ1v) is 6.84. The molecule has 2 rings (SSSR count). The van der Waals surface area contributed by atoms with Crippen LogP contribution < -0.4 is 20.1 Å². The molecule has 0 aromatic heterocycles. The van der Waals surface area contributed by atoms with E-state index in [1.807, 2.05) is 31.2 Å². The molecule has 0 heterocycles. The second kappa shape index (κ2) is 6.39. The number of methoxy groups -OCH3 is 2. The van der Waals surface area contributed by atoms with Crippen molar-refractivity contribution in [1.82, 2.24) is 0 Å². The number of amides is 1. The Hall–Kier alpha value is -2.69. The molecule has 2 N–H and O–H groups in total. The van der Waals surface area contributed by atoms with E-state index in [2.05, 4.69) is 0 Å².